The molecular formula is C24H20N2O4S2. The van der Waals surface area contributed by atoms with Gasteiger partial charge in [-0.2, -0.15) is 8.42 Å². The smallest absolute Gasteiger partial charge is 0.339 e. The Hall–Kier alpha value is -3.36. The number of hydrogen-bond donors (Lipinski definition) is 1. The van der Waals surface area contributed by atoms with Gasteiger partial charge in [-0.05, 0) is 73.6 Å². The van der Waals surface area contributed by atoms with Gasteiger partial charge in [0.1, 0.15) is 10.6 Å². The summed E-state index contributed by atoms with van der Waals surface area (Å²) < 4.78 is 30.4. The number of carbonyl (C=O) groups is 1. The molecule has 0 atom stereocenters. The lowest BCUT2D eigenvalue weighted by atomic mass is 10.2. The van der Waals surface area contributed by atoms with Crippen LogP contribution in [-0.2, 0) is 14.9 Å². The molecule has 1 heterocycles. The Labute approximate surface area is 191 Å². The highest BCUT2D eigenvalue weighted by atomic mass is 32.2. The van der Waals surface area contributed by atoms with Crippen molar-refractivity contribution in [2.24, 2.45) is 4.99 Å². The Morgan fingerprint density at radius 3 is 2.28 bits per heavy atom. The minimum absolute atomic E-state index is 0.0783. The van der Waals surface area contributed by atoms with Crippen molar-refractivity contribution in [2.75, 3.05) is 0 Å². The fourth-order valence-electron chi connectivity index (χ4n) is 2.90. The number of carbonyl (C=O) groups excluding carboxylic acids is 1. The third-order valence-corrected chi connectivity index (χ3v) is 6.76. The van der Waals surface area contributed by atoms with E-state index in [4.69, 9.17) is 4.18 Å². The molecule has 0 saturated carbocycles. The molecule has 1 aliphatic rings. The van der Waals surface area contributed by atoms with Gasteiger partial charge in [0.05, 0.1) is 10.6 Å². The van der Waals surface area contributed by atoms with E-state index in [9.17, 15) is 13.2 Å². The lowest BCUT2D eigenvalue weighted by molar-refractivity contribution is -0.115. The molecule has 3 aromatic rings. The molecule has 0 aliphatic carbocycles. The van der Waals surface area contributed by atoms with E-state index in [0.29, 0.717) is 15.6 Å². The maximum absolute atomic E-state index is 12.5. The van der Waals surface area contributed by atoms with Crippen LogP contribution in [0.15, 0.2) is 87.6 Å². The molecule has 0 radical (unpaired) electrons. The summed E-state index contributed by atoms with van der Waals surface area (Å²) in [5.74, 6) is -0.101. The predicted molar refractivity (Wildman–Crippen MR) is 127 cm³/mol. The van der Waals surface area contributed by atoms with Crippen molar-refractivity contribution in [1.82, 2.24) is 5.32 Å². The molecule has 1 amide bonds. The second-order valence-corrected chi connectivity index (χ2v) is 9.82. The third kappa shape index (κ3) is 5.27. The fraction of sp³-hybridized carbons (Fsp3) is 0.0833. The lowest BCUT2D eigenvalue weighted by Crippen LogP contribution is -2.19. The van der Waals surface area contributed by atoms with Gasteiger partial charge in [-0.15, -0.1) is 0 Å². The van der Waals surface area contributed by atoms with Crippen molar-refractivity contribution < 1.29 is 17.4 Å². The van der Waals surface area contributed by atoms with E-state index in [1.807, 2.05) is 38.1 Å². The SMILES string of the molecule is Cc1ccc(N=C2NC(=O)/C(=C/c3cccc(OS(=O)(=O)c4ccc(C)cc4)c3)S2)cc1. The maximum Gasteiger partial charge on any atom is 0.339 e. The van der Waals surface area contributed by atoms with Gasteiger partial charge in [0.15, 0.2) is 5.17 Å². The van der Waals surface area contributed by atoms with E-state index < -0.39 is 10.1 Å². The Balaban J connectivity index is 1.52. The van der Waals surface area contributed by atoms with E-state index in [0.717, 1.165) is 16.8 Å². The average molecular weight is 465 g/mol. The normalized spacial score (nSPS) is 16.4. The van der Waals surface area contributed by atoms with Gasteiger partial charge in [-0.1, -0.05) is 47.5 Å². The molecule has 1 fully saturated rings. The molecule has 0 bridgehead atoms. The molecule has 0 aromatic heterocycles. The molecule has 0 unspecified atom stereocenters. The van der Waals surface area contributed by atoms with Crippen LogP contribution in [0.4, 0.5) is 5.69 Å². The van der Waals surface area contributed by atoms with Crippen molar-refractivity contribution in [3.63, 3.8) is 0 Å². The fourth-order valence-corrected chi connectivity index (χ4v) is 4.67. The molecular weight excluding hydrogens is 444 g/mol. The first-order chi connectivity index (χ1) is 15.3. The average Bonchev–Trinajstić information content (AvgIpc) is 3.08. The third-order valence-electron chi connectivity index (χ3n) is 4.59. The highest BCUT2D eigenvalue weighted by Gasteiger charge is 2.24. The summed E-state index contributed by atoms with van der Waals surface area (Å²) in [6.45, 7) is 3.87. The molecule has 1 aliphatic heterocycles. The molecule has 32 heavy (non-hydrogen) atoms. The Morgan fingerprint density at radius 2 is 1.59 bits per heavy atom. The van der Waals surface area contributed by atoms with E-state index >= 15 is 0 Å². The van der Waals surface area contributed by atoms with Crippen molar-refractivity contribution in [1.29, 1.82) is 0 Å². The maximum atomic E-state index is 12.5. The van der Waals surface area contributed by atoms with Crippen molar-refractivity contribution >= 4 is 44.7 Å². The van der Waals surface area contributed by atoms with Gasteiger partial charge < -0.3 is 9.50 Å². The van der Waals surface area contributed by atoms with Crippen LogP contribution in [0.25, 0.3) is 6.08 Å². The van der Waals surface area contributed by atoms with Crippen molar-refractivity contribution in [3.8, 4) is 5.75 Å². The highest BCUT2D eigenvalue weighted by molar-refractivity contribution is 8.18. The van der Waals surface area contributed by atoms with Crippen LogP contribution in [0.5, 0.6) is 5.75 Å². The number of hydrogen-bond acceptors (Lipinski definition) is 6. The van der Waals surface area contributed by atoms with Crippen molar-refractivity contribution in [3.05, 3.63) is 94.4 Å². The molecule has 6 nitrogen and oxygen atoms in total. The quantitative estimate of drug-likeness (QED) is 0.426. The topological polar surface area (TPSA) is 84.8 Å². The molecule has 1 N–H and O–H groups in total. The van der Waals surface area contributed by atoms with Gasteiger partial charge in [0, 0.05) is 0 Å². The highest BCUT2D eigenvalue weighted by Crippen LogP contribution is 2.29. The minimum Gasteiger partial charge on any atom is -0.379 e. The summed E-state index contributed by atoms with van der Waals surface area (Å²) in [6, 6.07) is 20.7. The summed E-state index contributed by atoms with van der Waals surface area (Å²) >= 11 is 1.22. The Kier molecular flexibility index (Phi) is 6.16. The summed E-state index contributed by atoms with van der Waals surface area (Å²) in [5.41, 5.74) is 3.46. The van der Waals surface area contributed by atoms with Gasteiger partial charge in [0.25, 0.3) is 5.91 Å². The van der Waals surface area contributed by atoms with Gasteiger partial charge in [0.2, 0.25) is 0 Å². The Bertz CT molecular complexity index is 1330. The number of amides is 1. The van der Waals surface area contributed by atoms with Gasteiger partial charge >= 0.3 is 10.1 Å². The second-order valence-electron chi connectivity index (χ2n) is 7.24. The first-order valence-electron chi connectivity index (χ1n) is 9.76. The summed E-state index contributed by atoms with van der Waals surface area (Å²) in [5, 5.41) is 3.23. The van der Waals surface area contributed by atoms with E-state index in [1.165, 1.54) is 23.9 Å². The van der Waals surface area contributed by atoms with Gasteiger partial charge in [-0.3, -0.25) is 4.79 Å². The number of amidine groups is 1. The molecule has 8 heteroatoms. The zero-order valence-corrected chi connectivity index (χ0v) is 19.0. The first-order valence-corrected chi connectivity index (χ1v) is 12.0. The molecule has 4 rings (SSSR count). The first kappa shape index (κ1) is 21.9. The number of nitrogens with one attached hydrogen (secondary N) is 1. The second kappa shape index (κ2) is 9.02. The predicted octanol–water partition coefficient (Wildman–Crippen LogP) is 4.96. The van der Waals surface area contributed by atoms with E-state index in [1.54, 1.807) is 42.5 Å². The van der Waals surface area contributed by atoms with E-state index in [2.05, 4.69) is 10.3 Å². The standard InChI is InChI=1S/C24H20N2O4S2/c1-16-6-10-19(11-7-16)25-24-26-23(27)22(31-24)15-18-4-3-5-20(14-18)30-32(28,29)21-12-8-17(2)9-13-21/h3-15H,1-2H3,(H,25,26,27)/b22-15-. The van der Waals surface area contributed by atoms with Crippen LogP contribution in [-0.4, -0.2) is 19.5 Å². The van der Waals surface area contributed by atoms with Crippen LogP contribution >= 0.6 is 11.8 Å². The number of nitrogens with zero attached hydrogens (tertiary/aromatic N) is 1. The van der Waals surface area contributed by atoms with Crippen LogP contribution in [0.1, 0.15) is 16.7 Å². The Morgan fingerprint density at radius 1 is 0.938 bits per heavy atom. The monoisotopic (exact) mass is 464 g/mol. The van der Waals surface area contributed by atoms with Gasteiger partial charge in [-0.25, -0.2) is 4.99 Å². The number of aryl methyl sites for hydroxylation is 2. The number of rotatable bonds is 5. The zero-order chi connectivity index (χ0) is 22.7. The summed E-state index contributed by atoms with van der Waals surface area (Å²) in [6.07, 6.45) is 1.67. The molecule has 0 spiro atoms. The number of benzene rings is 3. The zero-order valence-electron chi connectivity index (χ0n) is 17.4. The number of thioether (sulfide) groups is 1. The summed E-state index contributed by atoms with van der Waals surface area (Å²) in [7, 11) is -3.96. The number of aliphatic imine (C=N–C) groups is 1. The van der Waals surface area contributed by atoms with Crippen molar-refractivity contribution in [2.45, 2.75) is 18.7 Å². The van der Waals surface area contributed by atoms with Crippen LogP contribution in [0, 0.1) is 13.8 Å². The molecule has 1 saturated heterocycles. The van der Waals surface area contributed by atoms with Crippen LogP contribution < -0.4 is 9.50 Å². The minimum atomic E-state index is -3.96. The summed E-state index contributed by atoms with van der Waals surface area (Å²) in [4.78, 5) is 17.3. The molecule has 162 valence electrons. The lowest BCUT2D eigenvalue weighted by Gasteiger charge is -2.08. The van der Waals surface area contributed by atoms with Crippen LogP contribution in [0.2, 0.25) is 0 Å². The van der Waals surface area contributed by atoms with E-state index in [-0.39, 0.29) is 16.6 Å². The largest absolute Gasteiger partial charge is 0.379 e. The molecule has 3 aromatic carbocycles. The van der Waals surface area contributed by atoms with Crippen LogP contribution in [0.3, 0.4) is 0 Å².